The SMILES string of the molecule is CCN(CC)CCNS(=O)(=O)c1ccc2c(c1)c(C)c(C)n2S(=O)(=O)c1ccccc1. The zero-order chi connectivity index (χ0) is 22.8. The van der Waals surface area contributed by atoms with Crippen molar-refractivity contribution < 1.29 is 16.8 Å². The maximum Gasteiger partial charge on any atom is 0.268 e. The van der Waals surface area contributed by atoms with Crippen molar-refractivity contribution in [3.8, 4) is 0 Å². The quantitative estimate of drug-likeness (QED) is 0.527. The number of sulfonamides is 1. The molecule has 7 nitrogen and oxygen atoms in total. The van der Waals surface area contributed by atoms with E-state index in [1.165, 1.54) is 10.0 Å². The molecule has 0 bridgehead atoms. The summed E-state index contributed by atoms with van der Waals surface area (Å²) in [4.78, 5) is 2.44. The van der Waals surface area contributed by atoms with E-state index in [1.54, 1.807) is 56.3 Å². The van der Waals surface area contributed by atoms with Gasteiger partial charge in [-0.05, 0) is 62.8 Å². The first-order valence-electron chi connectivity index (χ1n) is 10.3. The third-order valence-electron chi connectivity index (χ3n) is 5.64. The van der Waals surface area contributed by atoms with Crippen molar-refractivity contribution in [1.82, 2.24) is 13.6 Å². The van der Waals surface area contributed by atoms with Gasteiger partial charge in [0.1, 0.15) is 0 Å². The number of hydrogen-bond donors (Lipinski definition) is 1. The molecule has 168 valence electrons. The van der Waals surface area contributed by atoms with Gasteiger partial charge in [-0.15, -0.1) is 0 Å². The van der Waals surface area contributed by atoms with Crippen molar-refractivity contribution in [2.24, 2.45) is 0 Å². The van der Waals surface area contributed by atoms with E-state index in [-0.39, 0.29) is 9.79 Å². The molecule has 0 saturated carbocycles. The molecule has 0 unspecified atom stereocenters. The van der Waals surface area contributed by atoms with Gasteiger partial charge in [-0.1, -0.05) is 32.0 Å². The molecule has 0 atom stereocenters. The first-order chi connectivity index (χ1) is 14.6. The molecule has 1 N–H and O–H groups in total. The number of aryl methyl sites for hydroxylation is 1. The first kappa shape index (κ1) is 23.5. The van der Waals surface area contributed by atoms with E-state index < -0.39 is 20.0 Å². The summed E-state index contributed by atoms with van der Waals surface area (Å²) in [5.41, 5.74) is 1.75. The largest absolute Gasteiger partial charge is 0.303 e. The van der Waals surface area contributed by atoms with Crippen LogP contribution >= 0.6 is 0 Å². The van der Waals surface area contributed by atoms with Crippen molar-refractivity contribution in [3.63, 3.8) is 0 Å². The molecular weight excluding hydrogens is 434 g/mol. The second-order valence-electron chi connectivity index (χ2n) is 7.40. The van der Waals surface area contributed by atoms with Crippen LogP contribution < -0.4 is 4.72 Å². The second-order valence-corrected chi connectivity index (χ2v) is 11.0. The Morgan fingerprint density at radius 1 is 0.903 bits per heavy atom. The Labute approximate surface area is 184 Å². The van der Waals surface area contributed by atoms with Gasteiger partial charge in [0.05, 0.1) is 15.3 Å². The number of likely N-dealkylation sites (N-methyl/N-ethyl adjacent to an activating group) is 1. The van der Waals surface area contributed by atoms with Gasteiger partial charge >= 0.3 is 0 Å². The highest BCUT2D eigenvalue weighted by molar-refractivity contribution is 7.90. The van der Waals surface area contributed by atoms with Crippen LogP contribution in [0.3, 0.4) is 0 Å². The normalized spacial score (nSPS) is 12.7. The van der Waals surface area contributed by atoms with E-state index in [9.17, 15) is 16.8 Å². The molecule has 0 radical (unpaired) electrons. The Hall–Kier alpha value is -2.20. The maximum absolute atomic E-state index is 13.3. The van der Waals surface area contributed by atoms with Crippen LogP contribution in [-0.2, 0) is 20.0 Å². The average molecular weight is 464 g/mol. The molecule has 0 aliphatic heterocycles. The van der Waals surface area contributed by atoms with Crippen LogP contribution in [0.1, 0.15) is 25.1 Å². The number of rotatable bonds is 9. The molecule has 0 aliphatic rings. The maximum atomic E-state index is 13.3. The number of nitrogens with zero attached hydrogens (tertiary/aromatic N) is 2. The monoisotopic (exact) mass is 463 g/mol. The Morgan fingerprint density at radius 3 is 2.16 bits per heavy atom. The summed E-state index contributed by atoms with van der Waals surface area (Å²) >= 11 is 0. The van der Waals surface area contributed by atoms with Gasteiger partial charge < -0.3 is 4.90 Å². The van der Waals surface area contributed by atoms with E-state index in [0.717, 1.165) is 18.7 Å². The van der Waals surface area contributed by atoms with Crippen LogP contribution in [0.25, 0.3) is 10.9 Å². The number of hydrogen-bond acceptors (Lipinski definition) is 5. The second kappa shape index (κ2) is 9.12. The molecule has 1 heterocycles. The van der Waals surface area contributed by atoms with Gasteiger partial charge in [0.2, 0.25) is 10.0 Å². The minimum absolute atomic E-state index is 0.122. The topological polar surface area (TPSA) is 88.5 Å². The van der Waals surface area contributed by atoms with Crippen LogP contribution in [0.5, 0.6) is 0 Å². The molecule has 0 amide bonds. The summed E-state index contributed by atoms with van der Waals surface area (Å²) < 4.78 is 56.0. The first-order valence-corrected chi connectivity index (χ1v) is 13.2. The lowest BCUT2D eigenvalue weighted by Crippen LogP contribution is -2.34. The van der Waals surface area contributed by atoms with Crippen LogP contribution in [-0.4, -0.2) is 51.9 Å². The summed E-state index contributed by atoms with van der Waals surface area (Å²) in [6.07, 6.45) is 0. The molecule has 9 heteroatoms. The van der Waals surface area contributed by atoms with Gasteiger partial charge in [0.25, 0.3) is 10.0 Å². The lowest BCUT2D eigenvalue weighted by atomic mass is 10.1. The fraction of sp³-hybridized carbons (Fsp3) is 0.364. The molecule has 0 fully saturated rings. The zero-order valence-electron chi connectivity index (χ0n) is 18.3. The number of nitrogens with one attached hydrogen (secondary N) is 1. The van der Waals surface area contributed by atoms with E-state index >= 15 is 0 Å². The summed E-state index contributed by atoms with van der Waals surface area (Å²) in [6, 6.07) is 12.8. The van der Waals surface area contributed by atoms with Crippen molar-refractivity contribution in [1.29, 1.82) is 0 Å². The number of fused-ring (bicyclic) bond motifs is 1. The molecular formula is C22H29N3O4S2. The van der Waals surface area contributed by atoms with Gasteiger partial charge in [0.15, 0.2) is 0 Å². The standard InChI is InChI=1S/C22H29N3O4S2/c1-5-24(6-2)15-14-23-30(26,27)20-12-13-22-21(16-20)17(3)18(4)25(22)31(28,29)19-10-8-7-9-11-19/h7-13,16,23H,5-6,14-15H2,1-4H3. The Morgan fingerprint density at radius 2 is 1.55 bits per heavy atom. The van der Waals surface area contributed by atoms with Crippen molar-refractivity contribution in [2.75, 3.05) is 26.2 Å². The van der Waals surface area contributed by atoms with E-state index in [1.807, 2.05) is 13.8 Å². The molecule has 0 saturated heterocycles. The predicted octanol–water partition coefficient (Wildman–Crippen LogP) is 3.12. The lowest BCUT2D eigenvalue weighted by molar-refractivity contribution is 0.309. The van der Waals surface area contributed by atoms with E-state index in [0.29, 0.717) is 29.7 Å². The van der Waals surface area contributed by atoms with Crippen molar-refractivity contribution >= 4 is 30.9 Å². The van der Waals surface area contributed by atoms with Crippen LogP contribution in [0.4, 0.5) is 0 Å². The third-order valence-corrected chi connectivity index (χ3v) is 8.92. The summed E-state index contributed by atoms with van der Waals surface area (Å²) in [5.74, 6) is 0. The third kappa shape index (κ3) is 4.55. The number of benzene rings is 2. The molecule has 31 heavy (non-hydrogen) atoms. The summed E-state index contributed by atoms with van der Waals surface area (Å²) in [5, 5.41) is 0.601. The highest BCUT2D eigenvalue weighted by atomic mass is 32.2. The zero-order valence-corrected chi connectivity index (χ0v) is 19.9. The fourth-order valence-corrected chi connectivity index (χ4v) is 6.33. The summed E-state index contributed by atoms with van der Waals surface area (Å²) in [6.45, 7) is 10.2. The number of aromatic nitrogens is 1. The highest BCUT2D eigenvalue weighted by Crippen LogP contribution is 2.31. The Balaban J connectivity index is 2.00. The van der Waals surface area contributed by atoms with Gasteiger partial charge in [-0.2, -0.15) is 0 Å². The van der Waals surface area contributed by atoms with Gasteiger partial charge in [-0.3, -0.25) is 0 Å². The Kier molecular flexibility index (Phi) is 6.90. The highest BCUT2D eigenvalue weighted by Gasteiger charge is 2.25. The lowest BCUT2D eigenvalue weighted by Gasteiger charge is -2.18. The van der Waals surface area contributed by atoms with Gasteiger partial charge in [-0.25, -0.2) is 25.5 Å². The molecule has 2 aromatic carbocycles. The van der Waals surface area contributed by atoms with Crippen LogP contribution in [0.2, 0.25) is 0 Å². The Bertz CT molecular complexity index is 1280. The van der Waals surface area contributed by atoms with Crippen molar-refractivity contribution in [3.05, 3.63) is 59.8 Å². The van der Waals surface area contributed by atoms with Crippen molar-refractivity contribution in [2.45, 2.75) is 37.5 Å². The molecule has 3 rings (SSSR count). The minimum Gasteiger partial charge on any atom is -0.303 e. The van der Waals surface area contributed by atoms with Gasteiger partial charge in [0, 0.05) is 24.2 Å². The predicted molar refractivity (Wildman–Crippen MR) is 123 cm³/mol. The minimum atomic E-state index is -3.81. The molecule has 0 aliphatic carbocycles. The van der Waals surface area contributed by atoms with Crippen LogP contribution in [0, 0.1) is 13.8 Å². The van der Waals surface area contributed by atoms with E-state index in [4.69, 9.17) is 0 Å². The van der Waals surface area contributed by atoms with Crippen LogP contribution in [0.15, 0.2) is 58.3 Å². The fourth-order valence-electron chi connectivity index (χ4n) is 3.66. The average Bonchev–Trinajstić information content (AvgIpc) is 3.02. The molecule has 1 aromatic heterocycles. The van der Waals surface area contributed by atoms with E-state index in [2.05, 4.69) is 9.62 Å². The smallest absolute Gasteiger partial charge is 0.268 e. The molecule has 3 aromatic rings. The molecule has 0 spiro atoms. The summed E-state index contributed by atoms with van der Waals surface area (Å²) in [7, 11) is -7.51.